The number of hydrogen-bond donors (Lipinski definition) is 1. The van der Waals surface area contributed by atoms with Gasteiger partial charge in [0.2, 0.25) is 0 Å². The monoisotopic (exact) mass is 234 g/mol. The zero-order valence-corrected chi connectivity index (χ0v) is 10.8. The number of benzene rings is 1. The zero-order chi connectivity index (χ0) is 12.3. The maximum absolute atomic E-state index is 6.05. The van der Waals surface area contributed by atoms with E-state index in [1.54, 1.807) is 0 Å². The Bertz CT molecular complexity index is 352. The van der Waals surface area contributed by atoms with E-state index >= 15 is 0 Å². The van der Waals surface area contributed by atoms with Gasteiger partial charge in [-0.25, -0.2) is 0 Å². The summed E-state index contributed by atoms with van der Waals surface area (Å²) in [6.07, 6.45) is 2.44. The van der Waals surface area contributed by atoms with Crippen molar-refractivity contribution in [3.63, 3.8) is 0 Å². The van der Waals surface area contributed by atoms with Gasteiger partial charge in [0, 0.05) is 20.2 Å². The molecule has 0 amide bonds. The first-order chi connectivity index (χ1) is 8.18. The lowest BCUT2D eigenvalue weighted by molar-refractivity contribution is 0.0576. The summed E-state index contributed by atoms with van der Waals surface area (Å²) in [5, 5.41) is 0. The molecule has 1 saturated heterocycles. The minimum Gasteiger partial charge on any atom is -0.397 e. The third kappa shape index (κ3) is 2.91. The van der Waals surface area contributed by atoms with Gasteiger partial charge in [-0.05, 0) is 37.3 Å². The number of nitrogens with two attached hydrogens (primary N) is 1. The van der Waals surface area contributed by atoms with Gasteiger partial charge in [-0.2, -0.15) is 0 Å². The summed E-state index contributed by atoms with van der Waals surface area (Å²) in [5.41, 5.74) is 9.32. The standard InChI is InChI=1S/C14H22N2O/c1-11-5-3-7-13(15)14(11)16(2)9-12-6-4-8-17-10-12/h3,5,7,12H,4,6,8-10,15H2,1-2H3. The SMILES string of the molecule is Cc1cccc(N)c1N(C)CC1CCCOC1. The van der Waals surface area contributed by atoms with Crippen molar-refractivity contribution in [1.29, 1.82) is 0 Å². The van der Waals surface area contributed by atoms with Gasteiger partial charge in [-0.1, -0.05) is 12.1 Å². The Balaban J connectivity index is 2.05. The van der Waals surface area contributed by atoms with Crippen LogP contribution in [-0.2, 0) is 4.74 Å². The number of anilines is 2. The Morgan fingerprint density at radius 2 is 2.29 bits per heavy atom. The summed E-state index contributed by atoms with van der Waals surface area (Å²) >= 11 is 0. The molecule has 3 heteroatoms. The minimum absolute atomic E-state index is 0.632. The fourth-order valence-corrected chi connectivity index (χ4v) is 2.63. The molecule has 17 heavy (non-hydrogen) atoms. The summed E-state index contributed by atoms with van der Waals surface area (Å²) in [4.78, 5) is 2.27. The Labute approximate surface area is 104 Å². The van der Waals surface area contributed by atoms with E-state index in [0.29, 0.717) is 5.92 Å². The average Bonchev–Trinajstić information content (AvgIpc) is 2.30. The molecule has 94 valence electrons. The molecule has 0 saturated carbocycles. The van der Waals surface area contributed by atoms with Gasteiger partial charge >= 0.3 is 0 Å². The third-order valence-corrected chi connectivity index (χ3v) is 3.44. The van der Waals surface area contributed by atoms with Gasteiger partial charge in [-0.3, -0.25) is 0 Å². The fraction of sp³-hybridized carbons (Fsp3) is 0.571. The average molecular weight is 234 g/mol. The van der Waals surface area contributed by atoms with Crippen LogP contribution in [0.3, 0.4) is 0 Å². The second-order valence-electron chi connectivity index (χ2n) is 4.98. The van der Waals surface area contributed by atoms with Crippen LogP contribution in [0.2, 0.25) is 0 Å². The number of ether oxygens (including phenoxy) is 1. The van der Waals surface area contributed by atoms with Crippen molar-refractivity contribution in [2.24, 2.45) is 5.92 Å². The van der Waals surface area contributed by atoms with Crippen molar-refractivity contribution in [2.45, 2.75) is 19.8 Å². The molecule has 1 atom stereocenters. The van der Waals surface area contributed by atoms with Gasteiger partial charge in [0.15, 0.2) is 0 Å². The second kappa shape index (κ2) is 5.41. The van der Waals surface area contributed by atoms with Gasteiger partial charge in [0.1, 0.15) is 0 Å². The highest BCUT2D eigenvalue weighted by Gasteiger charge is 2.17. The van der Waals surface area contributed by atoms with Gasteiger partial charge in [0.05, 0.1) is 18.0 Å². The van der Waals surface area contributed by atoms with Crippen LogP contribution in [0, 0.1) is 12.8 Å². The van der Waals surface area contributed by atoms with E-state index in [0.717, 1.165) is 31.1 Å². The molecule has 1 aliphatic rings. The predicted octanol–water partition coefficient (Wildman–Crippen LogP) is 2.44. The Morgan fingerprint density at radius 3 is 2.94 bits per heavy atom. The number of nitrogen functional groups attached to an aromatic ring is 1. The quantitative estimate of drug-likeness (QED) is 0.816. The lowest BCUT2D eigenvalue weighted by Crippen LogP contribution is -2.31. The van der Waals surface area contributed by atoms with Crippen LogP contribution in [0.1, 0.15) is 18.4 Å². The lowest BCUT2D eigenvalue weighted by atomic mass is 10.0. The van der Waals surface area contributed by atoms with E-state index in [-0.39, 0.29) is 0 Å². The van der Waals surface area contributed by atoms with E-state index in [1.807, 2.05) is 12.1 Å². The fourth-order valence-electron chi connectivity index (χ4n) is 2.63. The van der Waals surface area contributed by atoms with E-state index in [9.17, 15) is 0 Å². The number of hydrogen-bond acceptors (Lipinski definition) is 3. The molecular weight excluding hydrogens is 212 g/mol. The maximum Gasteiger partial charge on any atom is 0.0627 e. The van der Waals surface area contributed by atoms with Crippen LogP contribution in [0.5, 0.6) is 0 Å². The molecule has 0 aliphatic carbocycles. The molecule has 0 radical (unpaired) electrons. The van der Waals surface area contributed by atoms with E-state index in [4.69, 9.17) is 10.5 Å². The predicted molar refractivity (Wildman–Crippen MR) is 72.4 cm³/mol. The molecule has 0 bridgehead atoms. The molecule has 3 nitrogen and oxygen atoms in total. The van der Waals surface area contributed by atoms with Crippen molar-refractivity contribution in [3.05, 3.63) is 23.8 Å². The normalized spacial score (nSPS) is 20.2. The Kier molecular flexibility index (Phi) is 3.89. The number of para-hydroxylation sites is 1. The first-order valence-corrected chi connectivity index (χ1v) is 6.32. The third-order valence-electron chi connectivity index (χ3n) is 3.44. The largest absolute Gasteiger partial charge is 0.397 e. The molecular formula is C14H22N2O. The molecule has 1 aromatic rings. The summed E-state index contributed by atoms with van der Waals surface area (Å²) in [6.45, 7) is 4.94. The highest BCUT2D eigenvalue weighted by Crippen LogP contribution is 2.27. The van der Waals surface area contributed by atoms with Crippen molar-refractivity contribution >= 4 is 11.4 Å². The molecule has 1 aromatic carbocycles. The molecule has 2 N–H and O–H groups in total. The number of aryl methyl sites for hydroxylation is 1. The Hall–Kier alpha value is -1.22. The van der Waals surface area contributed by atoms with Crippen LogP contribution in [0.25, 0.3) is 0 Å². The number of rotatable bonds is 3. The highest BCUT2D eigenvalue weighted by molar-refractivity contribution is 5.71. The molecule has 0 spiro atoms. The molecule has 2 rings (SSSR count). The van der Waals surface area contributed by atoms with Crippen LogP contribution >= 0.6 is 0 Å². The van der Waals surface area contributed by atoms with Crippen LogP contribution in [0.4, 0.5) is 11.4 Å². The first-order valence-electron chi connectivity index (χ1n) is 6.32. The summed E-state index contributed by atoms with van der Waals surface area (Å²) in [5.74, 6) is 0.632. The van der Waals surface area contributed by atoms with Crippen molar-refractivity contribution in [2.75, 3.05) is 37.4 Å². The van der Waals surface area contributed by atoms with E-state index < -0.39 is 0 Å². The van der Waals surface area contributed by atoms with Crippen molar-refractivity contribution in [3.8, 4) is 0 Å². The summed E-state index contributed by atoms with van der Waals surface area (Å²) in [6, 6.07) is 6.08. The lowest BCUT2D eigenvalue weighted by Gasteiger charge is -2.30. The maximum atomic E-state index is 6.05. The smallest absolute Gasteiger partial charge is 0.0627 e. The zero-order valence-electron chi connectivity index (χ0n) is 10.8. The molecule has 1 fully saturated rings. The van der Waals surface area contributed by atoms with Crippen LogP contribution in [-0.4, -0.2) is 26.8 Å². The van der Waals surface area contributed by atoms with Crippen molar-refractivity contribution in [1.82, 2.24) is 0 Å². The number of nitrogens with zero attached hydrogens (tertiary/aromatic N) is 1. The van der Waals surface area contributed by atoms with Crippen LogP contribution in [0.15, 0.2) is 18.2 Å². The second-order valence-corrected chi connectivity index (χ2v) is 4.98. The topological polar surface area (TPSA) is 38.5 Å². The minimum atomic E-state index is 0.632. The Morgan fingerprint density at radius 1 is 1.47 bits per heavy atom. The van der Waals surface area contributed by atoms with Gasteiger partial charge in [0.25, 0.3) is 0 Å². The summed E-state index contributed by atoms with van der Waals surface area (Å²) < 4.78 is 5.52. The van der Waals surface area contributed by atoms with E-state index in [2.05, 4.69) is 24.9 Å². The molecule has 0 aromatic heterocycles. The van der Waals surface area contributed by atoms with Crippen LogP contribution < -0.4 is 10.6 Å². The first kappa shape index (κ1) is 12.2. The van der Waals surface area contributed by atoms with E-state index in [1.165, 1.54) is 18.4 Å². The molecule has 1 aliphatic heterocycles. The molecule has 1 unspecified atom stereocenters. The highest BCUT2D eigenvalue weighted by atomic mass is 16.5. The van der Waals surface area contributed by atoms with Gasteiger partial charge in [-0.15, -0.1) is 0 Å². The molecule has 1 heterocycles. The van der Waals surface area contributed by atoms with Crippen molar-refractivity contribution < 1.29 is 4.74 Å². The van der Waals surface area contributed by atoms with Gasteiger partial charge < -0.3 is 15.4 Å². The summed E-state index contributed by atoms with van der Waals surface area (Å²) in [7, 11) is 2.12.